The summed E-state index contributed by atoms with van der Waals surface area (Å²) in [5, 5.41) is 0. The Bertz CT molecular complexity index is 1270. The molecule has 1 heterocycles. The summed E-state index contributed by atoms with van der Waals surface area (Å²) in [6.07, 6.45) is 4.31. The van der Waals surface area contributed by atoms with Crippen molar-refractivity contribution < 1.29 is 38.0 Å². The number of hydrogen-bond acceptors (Lipinski definition) is 8. The van der Waals surface area contributed by atoms with Crippen LogP contribution in [0.15, 0.2) is 29.8 Å². The summed E-state index contributed by atoms with van der Waals surface area (Å²) < 4.78 is 33.0. The molecule has 1 fully saturated rings. The van der Waals surface area contributed by atoms with Crippen molar-refractivity contribution in [2.75, 3.05) is 68.4 Å². The van der Waals surface area contributed by atoms with Crippen LogP contribution in [0.3, 0.4) is 0 Å². The third-order valence-electron chi connectivity index (χ3n) is 7.60. The molecule has 10 heteroatoms. The molecule has 2 amide bonds. The van der Waals surface area contributed by atoms with Gasteiger partial charge in [0.05, 0.1) is 48.2 Å². The van der Waals surface area contributed by atoms with E-state index in [1.165, 1.54) is 21.3 Å². The maximum Gasteiger partial charge on any atom is 0.254 e. The molecule has 2 aromatic carbocycles. The van der Waals surface area contributed by atoms with Crippen molar-refractivity contribution in [3.8, 4) is 28.7 Å². The summed E-state index contributed by atoms with van der Waals surface area (Å²) in [6, 6.07) is 6.92. The Hall–Kier alpha value is -3.92. The molecule has 0 N–H and O–H groups in total. The predicted octanol–water partition coefficient (Wildman–Crippen LogP) is 3.84. The number of hydrogen-bond donors (Lipinski definition) is 0. The molecule has 0 saturated carbocycles. The minimum absolute atomic E-state index is 0.0303. The number of rotatable bonds is 10. The van der Waals surface area contributed by atoms with Crippen molar-refractivity contribution in [2.45, 2.75) is 32.2 Å². The first kappa shape index (κ1) is 30.0. The van der Waals surface area contributed by atoms with E-state index in [-0.39, 0.29) is 17.9 Å². The maximum absolute atomic E-state index is 13.9. The van der Waals surface area contributed by atoms with Crippen molar-refractivity contribution in [3.63, 3.8) is 0 Å². The normalized spacial score (nSPS) is 16.7. The van der Waals surface area contributed by atoms with Gasteiger partial charge in [-0.25, -0.2) is 0 Å². The number of nitrogens with zero attached hydrogens (tertiary/aromatic N) is 2. The van der Waals surface area contributed by atoms with E-state index in [0.29, 0.717) is 73.6 Å². The van der Waals surface area contributed by atoms with Crippen molar-refractivity contribution in [3.05, 3.63) is 46.5 Å². The minimum atomic E-state index is -0.295. The first-order valence-electron chi connectivity index (χ1n) is 13.8. The quantitative estimate of drug-likeness (QED) is 0.427. The largest absolute Gasteiger partial charge is 0.493 e. The smallest absolute Gasteiger partial charge is 0.254 e. The Kier molecular flexibility index (Phi) is 9.99. The topological polar surface area (TPSA) is 96.0 Å². The van der Waals surface area contributed by atoms with Crippen LogP contribution in [-0.4, -0.2) is 96.1 Å². The molecule has 0 aromatic heterocycles. The van der Waals surface area contributed by atoms with Gasteiger partial charge in [-0.3, -0.25) is 9.59 Å². The molecule has 2 aromatic rings. The zero-order valence-corrected chi connectivity index (χ0v) is 24.8. The van der Waals surface area contributed by atoms with Crippen LogP contribution in [0.4, 0.5) is 0 Å². The average Bonchev–Trinajstić information content (AvgIpc) is 3.23. The van der Waals surface area contributed by atoms with Gasteiger partial charge in [0.1, 0.15) is 0 Å². The van der Waals surface area contributed by atoms with Crippen molar-refractivity contribution in [2.24, 2.45) is 0 Å². The van der Waals surface area contributed by atoms with Crippen LogP contribution in [0.25, 0.3) is 6.08 Å². The Morgan fingerprint density at radius 2 is 1.46 bits per heavy atom. The highest BCUT2D eigenvalue weighted by Crippen LogP contribution is 2.39. The molecule has 222 valence electrons. The van der Waals surface area contributed by atoms with Gasteiger partial charge in [-0.1, -0.05) is 0 Å². The van der Waals surface area contributed by atoms with Crippen LogP contribution in [0, 0.1) is 0 Å². The first-order chi connectivity index (χ1) is 19.9. The minimum Gasteiger partial charge on any atom is -0.493 e. The van der Waals surface area contributed by atoms with Crippen molar-refractivity contribution in [1.29, 1.82) is 0 Å². The molecule has 0 spiro atoms. The van der Waals surface area contributed by atoms with Crippen LogP contribution in [-0.2, 0) is 16.0 Å². The number of amides is 2. The molecule has 2 aliphatic rings. The third kappa shape index (κ3) is 6.37. The van der Waals surface area contributed by atoms with Gasteiger partial charge < -0.3 is 38.2 Å². The molecule has 0 radical (unpaired) electrons. The SMILES string of the molecule is CCOCC1CN(C(=O)c2cc(OC)c(OC)c(OC)c2)CCN1C(=O)C1=Cc2cc(OC)c(OC)cc2CCC1. The highest BCUT2D eigenvalue weighted by molar-refractivity contribution is 5.99. The number of piperazine rings is 1. The van der Waals surface area contributed by atoms with Crippen LogP contribution in [0.1, 0.15) is 41.3 Å². The summed E-state index contributed by atoms with van der Waals surface area (Å²) in [5.41, 5.74) is 3.24. The number of ether oxygens (including phenoxy) is 6. The van der Waals surface area contributed by atoms with E-state index < -0.39 is 0 Å². The summed E-state index contributed by atoms with van der Waals surface area (Å²) >= 11 is 0. The molecule has 1 saturated heterocycles. The number of carbonyl (C=O) groups excluding carboxylic acids is 2. The van der Waals surface area contributed by atoms with Gasteiger partial charge in [0.2, 0.25) is 11.7 Å². The monoisotopic (exact) mass is 568 g/mol. The number of carbonyl (C=O) groups is 2. The lowest BCUT2D eigenvalue weighted by Crippen LogP contribution is -2.58. The highest BCUT2D eigenvalue weighted by Gasteiger charge is 2.35. The fourth-order valence-electron chi connectivity index (χ4n) is 5.46. The van der Waals surface area contributed by atoms with Crippen LogP contribution < -0.4 is 23.7 Å². The maximum atomic E-state index is 13.9. The second kappa shape index (κ2) is 13.6. The summed E-state index contributed by atoms with van der Waals surface area (Å²) in [5.74, 6) is 2.34. The molecular weight excluding hydrogens is 528 g/mol. The Morgan fingerprint density at radius 3 is 2.07 bits per heavy atom. The van der Waals surface area contributed by atoms with Crippen molar-refractivity contribution >= 4 is 17.9 Å². The van der Waals surface area contributed by atoms with E-state index in [1.54, 1.807) is 31.3 Å². The van der Waals surface area contributed by atoms with E-state index in [4.69, 9.17) is 28.4 Å². The molecule has 4 rings (SSSR count). The predicted molar refractivity (Wildman–Crippen MR) is 154 cm³/mol. The molecule has 1 unspecified atom stereocenters. The first-order valence-corrected chi connectivity index (χ1v) is 13.8. The Balaban J connectivity index is 1.58. The summed E-state index contributed by atoms with van der Waals surface area (Å²) in [4.78, 5) is 31.2. The van der Waals surface area contributed by atoms with E-state index >= 15 is 0 Å². The standard InChI is InChI=1S/C31H40N2O8/c1-7-41-19-24-18-32(30(34)23-16-27(38-4)29(40-6)28(17-23)39-5)11-12-33(24)31(35)21-10-8-9-20-14-25(36-2)26(37-3)15-22(20)13-21/h13-17,24H,7-12,18-19H2,1-6H3. The van der Waals surface area contributed by atoms with E-state index in [1.807, 2.05) is 30.0 Å². The van der Waals surface area contributed by atoms with Crippen LogP contribution >= 0.6 is 0 Å². The van der Waals surface area contributed by atoms with Gasteiger partial charge >= 0.3 is 0 Å². The molecule has 10 nitrogen and oxygen atoms in total. The number of aryl methyl sites for hydroxylation is 1. The van der Waals surface area contributed by atoms with Gasteiger partial charge in [0.15, 0.2) is 23.0 Å². The summed E-state index contributed by atoms with van der Waals surface area (Å²) in [6.45, 7) is 3.88. The highest BCUT2D eigenvalue weighted by atomic mass is 16.5. The lowest BCUT2D eigenvalue weighted by Gasteiger charge is -2.41. The Labute approximate surface area is 241 Å². The van der Waals surface area contributed by atoms with E-state index in [0.717, 1.165) is 29.5 Å². The molecule has 1 aliphatic heterocycles. The molecule has 1 atom stereocenters. The fourth-order valence-corrected chi connectivity index (χ4v) is 5.46. The summed E-state index contributed by atoms with van der Waals surface area (Å²) in [7, 11) is 7.78. The second-order valence-electron chi connectivity index (χ2n) is 9.91. The van der Waals surface area contributed by atoms with Crippen molar-refractivity contribution in [1.82, 2.24) is 9.80 Å². The van der Waals surface area contributed by atoms with Crippen LogP contribution in [0.2, 0.25) is 0 Å². The van der Waals surface area contributed by atoms with Gasteiger partial charge in [-0.05, 0) is 67.7 Å². The number of methoxy groups -OCH3 is 5. The zero-order chi connectivity index (χ0) is 29.5. The zero-order valence-electron chi connectivity index (χ0n) is 24.8. The third-order valence-corrected chi connectivity index (χ3v) is 7.60. The lowest BCUT2D eigenvalue weighted by atomic mass is 10.0. The van der Waals surface area contributed by atoms with Gasteiger partial charge in [0.25, 0.3) is 5.91 Å². The molecule has 1 aliphatic carbocycles. The van der Waals surface area contributed by atoms with Gasteiger partial charge in [-0.15, -0.1) is 0 Å². The Morgan fingerprint density at radius 1 is 0.805 bits per heavy atom. The molecule has 0 bridgehead atoms. The fraction of sp³-hybridized carbons (Fsp3) is 0.484. The second-order valence-corrected chi connectivity index (χ2v) is 9.91. The molecule has 41 heavy (non-hydrogen) atoms. The van der Waals surface area contributed by atoms with E-state index in [2.05, 4.69) is 0 Å². The van der Waals surface area contributed by atoms with Crippen LogP contribution in [0.5, 0.6) is 28.7 Å². The molecular formula is C31H40N2O8. The average molecular weight is 569 g/mol. The van der Waals surface area contributed by atoms with Gasteiger partial charge in [0, 0.05) is 37.4 Å². The van der Waals surface area contributed by atoms with E-state index in [9.17, 15) is 9.59 Å². The van der Waals surface area contributed by atoms with Gasteiger partial charge in [-0.2, -0.15) is 0 Å². The lowest BCUT2D eigenvalue weighted by molar-refractivity contribution is -0.133. The number of benzene rings is 2. The number of fused-ring (bicyclic) bond motifs is 1.